The van der Waals surface area contributed by atoms with Crippen LogP contribution in [-0.2, 0) is 15.0 Å². The molecule has 0 spiro atoms. The molecule has 0 aromatic heterocycles. The highest BCUT2D eigenvalue weighted by atomic mass is 16.6. The van der Waals surface area contributed by atoms with Gasteiger partial charge in [0.15, 0.2) is 0 Å². The van der Waals surface area contributed by atoms with Crippen molar-refractivity contribution < 1.29 is 19.6 Å². The number of nitrogens with zero attached hydrogens (tertiary/aromatic N) is 2. The number of nitro groups is 1. The summed E-state index contributed by atoms with van der Waals surface area (Å²) in [7, 11) is 0. The Hall–Kier alpha value is -4.78. The van der Waals surface area contributed by atoms with Crippen LogP contribution in [0.2, 0.25) is 0 Å². The minimum Gasteiger partial charge on any atom is -0.507 e. The van der Waals surface area contributed by atoms with Gasteiger partial charge < -0.3 is 5.11 Å². The number of rotatable bonds is 4. The summed E-state index contributed by atoms with van der Waals surface area (Å²) < 4.78 is 0. The Bertz CT molecular complexity index is 1630. The number of Topliss-reactive ketones (excluding diaryl/α,β-unsaturated/α-hetero) is 1. The average Bonchev–Trinajstić information content (AvgIpc) is 3.17. The van der Waals surface area contributed by atoms with Crippen molar-refractivity contribution in [2.45, 2.75) is 32.2 Å². The first-order valence-electron chi connectivity index (χ1n) is 12.2. The van der Waals surface area contributed by atoms with E-state index in [1.807, 2.05) is 60.7 Å². The molecule has 0 saturated carbocycles. The van der Waals surface area contributed by atoms with Crippen LogP contribution in [0.4, 0.5) is 11.4 Å². The zero-order valence-corrected chi connectivity index (χ0v) is 21.2. The molecular formula is C31H26N2O5. The largest absolute Gasteiger partial charge is 0.507 e. The summed E-state index contributed by atoms with van der Waals surface area (Å²) in [5, 5.41) is 24.4. The second-order valence-electron chi connectivity index (χ2n) is 10.3. The zero-order chi connectivity index (χ0) is 27.2. The monoisotopic (exact) mass is 506 g/mol. The molecule has 190 valence electrons. The molecule has 1 N–H and O–H groups in total. The van der Waals surface area contributed by atoms with Crippen LogP contribution in [0.3, 0.4) is 0 Å². The van der Waals surface area contributed by atoms with E-state index in [0.717, 1.165) is 16.3 Å². The second-order valence-corrected chi connectivity index (χ2v) is 10.3. The predicted octanol–water partition coefficient (Wildman–Crippen LogP) is 6.67. The van der Waals surface area contributed by atoms with Gasteiger partial charge in [-0.1, -0.05) is 93.6 Å². The van der Waals surface area contributed by atoms with Crippen LogP contribution in [0.15, 0.2) is 96.6 Å². The maximum Gasteiger partial charge on any atom is 0.300 e. The van der Waals surface area contributed by atoms with Gasteiger partial charge in [0.25, 0.3) is 17.4 Å². The number of ketones is 1. The fourth-order valence-corrected chi connectivity index (χ4v) is 4.90. The first-order chi connectivity index (χ1) is 18.1. The van der Waals surface area contributed by atoms with Crippen molar-refractivity contribution in [3.05, 3.63) is 123 Å². The molecule has 1 saturated heterocycles. The number of carbonyl (C=O) groups excluding carboxylic acids is 2. The standard InChI is InChI=1S/C31H26N2O5/c1-31(2,3)22-16-14-20(15-17-22)27-26(28(34)21-10-6-11-23(18-21)33(37)38)29(35)30(36)32(27)25-13-7-9-19-8-4-5-12-24(19)25/h4-18,27,34H,1-3H3/b28-26+. The number of hydrogen-bond acceptors (Lipinski definition) is 5. The van der Waals surface area contributed by atoms with Gasteiger partial charge in [0.05, 0.1) is 22.2 Å². The number of fused-ring (bicyclic) bond motifs is 1. The third-order valence-electron chi connectivity index (χ3n) is 6.89. The number of aliphatic hydroxyl groups is 1. The molecule has 1 unspecified atom stereocenters. The Balaban J connectivity index is 1.76. The van der Waals surface area contributed by atoms with Gasteiger partial charge in [-0.3, -0.25) is 24.6 Å². The van der Waals surface area contributed by atoms with Gasteiger partial charge in [0.1, 0.15) is 5.76 Å². The third-order valence-corrected chi connectivity index (χ3v) is 6.89. The molecule has 1 aliphatic heterocycles. The van der Waals surface area contributed by atoms with E-state index in [-0.39, 0.29) is 22.2 Å². The lowest BCUT2D eigenvalue weighted by molar-refractivity contribution is -0.384. The highest BCUT2D eigenvalue weighted by Gasteiger charge is 2.47. The summed E-state index contributed by atoms with van der Waals surface area (Å²) in [6, 6.07) is 25.2. The van der Waals surface area contributed by atoms with Crippen LogP contribution in [-0.4, -0.2) is 21.7 Å². The van der Waals surface area contributed by atoms with Crippen molar-refractivity contribution in [2.24, 2.45) is 0 Å². The number of benzene rings is 4. The van der Waals surface area contributed by atoms with Gasteiger partial charge in [0, 0.05) is 23.1 Å². The molecule has 0 aliphatic carbocycles. The van der Waals surface area contributed by atoms with Gasteiger partial charge in [0.2, 0.25) is 0 Å². The molecular weight excluding hydrogens is 480 g/mol. The lowest BCUT2D eigenvalue weighted by atomic mass is 9.85. The first-order valence-corrected chi connectivity index (χ1v) is 12.2. The lowest BCUT2D eigenvalue weighted by Gasteiger charge is -2.27. The third kappa shape index (κ3) is 4.22. The fraction of sp³-hybridized carbons (Fsp3) is 0.161. The summed E-state index contributed by atoms with van der Waals surface area (Å²) in [5.41, 5.74) is 1.87. The molecule has 4 aromatic carbocycles. The Morgan fingerprint density at radius 3 is 2.24 bits per heavy atom. The summed E-state index contributed by atoms with van der Waals surface area (Å²) in [4.78, 5) is 39.3. The molecule has 1 fully saturated rings. The summed E-state index contributed by atoms with van der Waals surface area (Å²) in [5.74, 6) is -2.09. The maximum absolute atomic E-state index is 13.6. The van der Waals surface area contributed by atoms with Crippen LogP contribution in [0, 0.1) is 10.1 Å². The quantitative estimate of drug-likeness (QED) is 0.109. The van der Waals surface area contributed by atoms with Crippen LogP contribution >= 0.6 is 0 Å². The Labute approximate surface area is 219 Å². The minimum atomic E-state index is -0.936. The Kier molecular flexibility index (Phi) is 6.07. The van der Waals surface area contributed by atoms with E-state index in [0.29, 0.717) is 11.3 Å². The predicted molar refractivity (Wildman–Crippen MR) is 147 cm³/mol. The van der Waals surface area contributed by atoms with E-state index in [4.69, 9.17) is 0 Å². The molecule has 1 amide bonds. The van der Waals surface area contributed by atoms with Gasteiger partial charge in [-0.05, 0) is 28.0 Å². The second kappa shape index (κ2) is 9.27. The molecule has 5 rings (SSSR count). The number of aliphatic hydroxyl groups excluding tert-OH is 1. The average molecular weight is 507 g/mol. The number of non-ortho nitro benzene ring substituents is 1. The van der Waals surface area contributed by atoms with Crippen molar-refractivity contribution >= 4 is 39.6 Å². The smallest absolute Gasteiger partial charge is 0.300 e. The molecule has 1 atom stereocenters. The maximum atomic E-state index is 13.6. The van der Waals surface area contributed by atoms with Crippen molar-refractivity contribution in [1.29, 1.82) is 0 Å². The molecule has 7 nitrogen and oxygen atoms in total. The molecule has 1 heterocycles. The molecule has 0 radical (unpaired) electrons. The lowest BCUT2D eigenvalue weighted by Crippen LogP contribution is -2.29. The zero-order valence-electron chi connectivity index (χ0n) is 21.2. The SMILES string of the molecule is CC(C)(C)c1ccc(C2/C(=C(\O)c3cccc([N+](=O)[O-])c3)C(=O)C(=O)N2c2cccc3ccccc23)cc1. The topological polar surface area (TPSA) is 101 Å². The summed E-state index contributed by atoms with van der Waals surface area (Å²) in [6.45, 7) is 6.27. The van der Waals surface area contributed by atoms with Crippen LogP contribution in [0.5, 0.6) is 0 Å². The Morgan fingerprint density at radius 1 is 0.895 bits per heavy atom. The van der Waals surface area contributed by atoms with Crippen molar-refractivity contribution in [3.63, 3.8) is 0 Å². The number of nitro benzene ring substituents is 1. The van der Waals surface area contributed by atoms with Gasteiger partial charge in [-0.25, -0.2) is 0 Å². The summed E-state index contributed by atoms with van der Waals surface area (Å²) >= 11 is 0. The summed E-state index contributed by atoms with van der Waals surface area (Å²) in [6.07, 6.45) is 0. The highest BCUT2D eigenvalue weighted by molar-refractivity contribution is 6.52. The van der Waals surface area contributed by atoms with E-state index in [2.05, 4.69) is 20.8 Å². The molecule has 38 heavy (non-hydrogen) atoms. The van der Waals surface area contributed by atoms with Crippen molar-refractivity contribution in [2.75, 3.05) is 4.90 Å². The van der Waals surface area contributed by atoms with Crippen LogP contribution in [0.25, 0.3) is 16.5 Å². The van der Waals surface area contributed by atoms with Crippen LogP contribution in [0.1, 0.15) is 43.5 Å². The van der Waals surface area contributed by atoms with E-state index in [9.17, 15) is 24.8 Å². The molecule has 4 aromatic rings. The number of hydrogen-bond donors (Lipinski definition) is 1. The van der Waals surface area contributed by atoms with Crippen LogP contribution < -0.4 is 4.90 Å². The molecule has 1 aliphatic rings. The normalized spacial score (nSPS) is 17.2. The molecule has 7 heteroatoms. The number of carbonyl (C=O) groups is 2. The highest BCUT2D eigenvalue weighted by Crippen LogP contribution is 2.44. The van der Waals surface area contributed by atoms with E-state index < -0.39 is 28.4 Å². The van der Waals surface area contributed by atoms with Gasteiger partial charge in [-0.2, -0.15) is 0 Å². The molecule has 0 bridgehead atoms. The van der Waals surface area contributed by atoms with E-state index >= 15 is 0 Å². The minimum absolute atomic E-state index is 0.0893. The van der Waals surface area contributed by atoms with Gasteiger partial charge >= 0.3 is 0 Å². The van der Waals surface area contributed by atoms with Crippen molar-refractivity contribution in [1.82, 2.24) is 0 Å². The first kappa shape index (κ1) is 24.9. The number of anilines is 1. The Morgan fingerprint density at radius 2 is 1.55 bits per heavy atom. The fourth-order valence-electron chi connectivity index (χ4n) is 4.90. The van der Waals surface area contributed by atoms with Crippen molar-refractivity contribution in [3.8, 4) is 0 Å². The van der Waals surface area contributed by atoms with Gasteiger partial charge in [-0.15, -0.1) is 0 Å². The van der Waals surface area contributed by atoms with E-state index in [1.54, 1.807) is 6.07 Å². The van der Waals surface area contributed by atoms with E-state index in [1.165, 1.54) is 29.2 Å². The number of amides is 1.